The van der Waals surface area contributed by atoms with E-state index in [9.17, 15) is 9.59 Å². The summed E-state index contributed by atoms with van der Waals surface area (Å²) in [5, 5.41) is 2.56. The van der Waals surface area contributed by atoms with Gasteiger partial charge in [0.15, 0.2) is 0 Å². The van der Waals surface area contributed by atoms with Gasteiger partial charge in [-0.1, -0.05) is 12.1 Å². The highest BCUT2D eigenvalue weighted by Crippen LogP contribution is 2.14. The molecule has 1 amide bonds. The van der Waals surface area contributed by atoms with Crippen LogP contribution in [0.25, 0.3) is 0 Å². The lowest BCUT2D eigenvalue weighted by molar-refractivity contribution is -0.142. The number of carbonyl (C=O) groups excluding carboxylic acids is 2. The zero-order valence-electron chi connectivity index (χ0n) is 13.1. The predicted octanol–water partition coefficient (Wildman–Crippen LogP) is 2.58. The van der Waals surface area contributed by atoms with E-state index in [0.29, 0.717) is 11.3 Å². The molecule has 6 heteroatoms. The number of ether oxygens (including phenoxy) is 2. The van der Waals surface area contributed by atoms with Crippen LogP contribution < -0.4 is 10.1 Å². The molecule has 0 radical (unpaired) electrons. The first kappa shape index (κ1) is 17.0. The van der Waals surface area contributed by atoms with Crippen LogP contribution in [-0.2, 0) is 16.0 Å². The third kappa shape index (κ3) is 5.41. The number of methoxy groups -OCH3 is 1. The van der Waals surface area contributed by atoms with Crippen LogP contribution in [0.5, 0.6) is 5.75 Å². The van der Waals surface area contributed by atoms with Crippen LogP contribution in [0.3, 0.4) is 0 Å². The number of esters is 1. The molecule has 0 unspecified atom stereocenters. The molecule has 0 spiro atoms. The molecule has 0 aliphatic carbocycles. The molecule has 0 saturated carbocycles. The number of benzene rings is 1. The van der Waals surface area contributed by atoms with E-state index >= 15 is 0 Å². The Balaban J connectivity index is 1.67. The summed E-state index contributed by atoms with van der Waals surface area (Å²) in [7, 11) is 1.61. The maximum absolute atomic E-state index is 11.8. The summed E-state index contributed by atoms with van der Waals surface area (Å²) in [6, 6.07) is 11.2. The van der Waals surface area contributed by atoms with Crippen molar-refractivity contribution in [3.8, 4) is 5.75 Å². The van der Waals surface area contributed by atoms with Gasteiger partial charge in [-0.2, -0.15) is 0 Å². The Morgan fingerprint density at radius 1 is 1.13 bits per heavy atom. The largest absolute Gasteiger partial charge is 0.497 e. The first-order valence-corrected chi connectivity index (χ1v) is 8.03. The van der Waals surface area contributed by atoms with E-state index in [2.05, 4.69) is 5.32 Å². The summed E-state index contributed by atoms with van der Waals surface area (Å²) in [5.41, 5.74) is 1.05. The van der Waals surface area contributed by atoms with Crippen LogP contribution >= 0.6 is 11.3 Å². The predicted molar refractivity (Wildman–Crippen MR) is 89.0 cm³/mol. The second-order valence-electron chi connectivity index (χ2n) is 4.91. The number of amides is 1. The fourth-order valence-corrected chi connectivity index (χ4v) is 2.71. The van der Waals surface area contributed by atoms with Crippen LogP contribution in [0.1, 0.15) is 20.1 Å². The molecule has 0 aliphatic rings. The maximum atomic E-state index is 11.8. The van der Waals surface area contributed by atoms with E-state index in [1.165, 1.54) is 11.3 Å². The Bertz CT molecular complexity index is 663. The highest BCUT2D eigenvalue weighted by Gasteiger charge is 2.10. The average Bonchev–Trinajstić information content (AvgIpc) is 3.00. The lowest BCUT2D eigenvalue weighted by Gasteiger charge is -2.06. The third-order valence-electron chi connectivity index (χ3n) is 3.17. The number of aryl methyl sites for hydroxylation is 1. The molecule has 122 valence electrons. The van der Waals surface area contributed by atoms with Gasteiger partial charge < -0.3 is 14.8 Å². The molecular weight excluding hydrogens is 314 g/mol. The fourth-order valence-electron chi connectivity index (χ4n) is 1.92. The van der Waals surface area contributed by atoms with Gasteiger partial charge in [-0.25, -0.2) is 0 Å². The zero-order valence-corrected chi connectivity index (χ0v) is 13.9. The van der Waals surface area contributed by atoms with Crippen molar-refractivity contribution in [2.24, 2.45) is 0 Å². The second kappa shape index (κ2) is 8.33. The molecule has 0 aliphatic heterocycles. The second-order valence-corrected chi connectivity index (χ2v) is 6.20. The van der Waals surface area contributed by atoms with Crippen LogP contribution in [0.15, 0.2) is 36.4 Å². The minimum Gasteiger partial charge on any atom is -0.497 e. The summed E-state index contributed by atoms with van der Waals surface area (Å²) in [6.45, 7) is 2.08. The van der Waals surface area contributed by atoms with Crippen molar-refractivity contribution in [3.05, 3.63) is 51.7 Å². The van der Waals surface area contributed by atoms with Crippen molar-refractivity contribution < 1.29 is 19.1 Å². The number of thiophene rings is 1. The van der Waals surface area contributed by atoms with Crippen molar-refractivity contribution in [2.75, 3.05) is 20.3 Å². The van der Waals surface area contributed by atoms with Crippen LogP contribution in [-0.4, -0.2) is 32.1 Å². The number of rotatable bonds is 7. The number of carbonyl (C=O) groups is 2. The SMILES string of the molecule is COc1ccc(CCOC(=O)CNC(=O)c2ccc(C)s2)cc1. The Labute approximate surface area is 139 Å². The number of hydrogen-bond donors (Lipinski definition) is 1. The Hall–Kier alpha value is -2.34. The molecule has 0 atom stereocenters. The van der Waals surface area contributed by atoms with E-state index in [0.717, 1.165) is 16.2 Å². The lowest BCUT2D eigenvalue weighted by Crippen LogP contribution is -2.30. The molecule has 2 aromatic rings. The summed E-state index contributed by atoms with van der Waals surface area (Å²) in [5.74, 6) is 0.0904. The van der Waals surface area contributed by atoms with Crippen molar-refractivity contribution in [3.63, 3.8) is 0 Å². The molecule has 0 fully saturated rings. The first-order chi connectivity index (χ1) is 11.1. The first-order valence-electron chi connectivity index (χ1n) is 7.21. The van der Waals surface area contributed by atoms with Gasteiger partial charge in [0.05, 0.1) is 18.6 Å². The van der Waals surface area contributed by atoms with Gasteiger partial charge in [-0.15, -0.1) is 11.3 Å². The fraction of sp³-hybridized carbons (Fsp3) is 0.294. The van der Waals surface area contributed by atoms with Gasteiger partial charge in [0.1, 0.15) is 12.3 Å². The molecule has 0 saturated heterocycles. The third-order valence-corrected chi connectivity index (χ3v) is 4.17. The summed E-state index contributed by atoms with van der Waals surface area (Å²) in [6.07, 6.45) is 0.619. The van der Waals surface area contributed by atoms with E-state index < -0.39 is 5.97 Å². The summed E-state index contributed by atoms with van der Waals surface area (Å²) < 4.78 is 10.2. The van der Waals surface area contributed by atoms with Gasteiger partial charge in [0, 0.05) is 11.3 Å². The molecular formula is C17H19NO4S. The molecule has 2 rings (SSSR count). The quantitative estimate of drug-likeness (QED) is 0.791. The topological polar surface area (TPSA) is 64.6 Å². The normalized spacial score (nSPS) is 10.2. The summed E-state index contributed by atoms with van der Waals surface area (Å²) >= 11 is 1.39. The Morgan fingerprint density at radius 3 is 2.48 bits per heavy atom. The monoisotopic (exact) mass is 333 g/mol. The number of nitrogens with one attached hydrogen (secondary N) is 1. The smallest absolute Gasteiger partial charge is 0.325 e. The van der Waals surface area contributed by atoms with Gasteiger partial charge in [0.2, 0.25) is 0 Å². The van der Waals surface area contributed by atoms with Crippen LogP contribution in [0.4, 0.5) is 0 Å². The molecule has 0 bridgehead atoms. The van der Waals surface area contributed by atoms with Crippen molar-refractivity contribution in [1.29, 1.82) is 0 Å². The lowest BCUT2D eigenvalue weighted by atomic mass is 10.1. The van der Waals surface area contributed by atoms with Gasteiger partial charge in [-0.05, 0) is 36.8 Å². The standard InChI is InChI=1S/C17H19NO4S/c1-12-3-8-15(23-12)17(20)18-11-16(19)22-10-9-13-4-6-14(21-2)7-5-13/h3-8H,9-11H2,1-2H3,(H,18,20). The molecule has 1 heterocycles. The minimum absolute atomic E-state index is 0.127. The molecule has 1 aromatic carbocycles. The van der Waals surface area contributed by atoms with Gasteiger partial charge >= 0.3 is 5.97 Å². The molecule has 1 N–H and O–H groups in total. The number of hydrogen-bond acceptors (Lipinski definition) is 5. The van der Waals surface area contributed by atoms with E-state index in [1.807, 2.05) is 37.3 Å². The van der Waals surface area contributed by atoms with Gasteiger partial charge in [0.25, 0.3) is 5.91 Å². The molecule has 1 aromatic heterocycles. The zero-order chi connectivity index (χ0) is 16.7. The minimum atomic E-state index is -0.444. The average molecular weight is 333 g/mol. The van der Waals surface area contributed by atoms with Crippen LogP contribution in [0, 0.1) is 6.92 Å². The highest BCUT2D eigenvalue weighted by atomic mass is 32.1. The summed E-state index contributed by atoms with van der Waals surface area (Å²) in [4.78, 5) is 25.1. The highest BCUT2D eigenvalue weighted by molar-refractivity contribution is 7.13. The van der Waals surface area contributed by atoms with Crippen LogP contribution in [0.2, 0.25) is 0 Å². The maximum Gasteiger partial charge on any atom is 0.325 e. The van der Waals surface area contributed by atoms with Crippen molar-refractivity contribution in [2.45, 2.75) is 13.3 Å². The van der Waals surface area contributed by atoms with E-state index in [1.54, 1.807) is 13.2 Å². The Morgan fingerprint density at radius 2 is 1.87 bits per heavy atom. The molecule has 23 heavy (non-hydrogen) atoms. The Kier molecular flexibility index (Phi) is 6.17. The van der Waals surface area contributed by atoms with Crippen molar-refractivity contribution >= 4 is 23.2 Å². The van der Waals surface area contributed by atoms with Gasteiger partial charge in [-0.3, -0.25) is 9.59 Å². The van der Waals surface area contributed by atoms with Crippen molar-refractivity contribution in [1.82, 2.24) is 5.32 Å². The molecule has 5 nitrogen and oxygen atoms in total. The van der Waals surface area contributed by atoms with E-state index in [4.69, 9.17) is 9.47 Å². The van der Waals surface area contributed by atoms with E-state index in [-0.39, 0.29) is 19.1 Å².